The third kappa shape index (κ3) is 7.62. The summed E-state index contributed by atoms with van der Waals surface area (Å²) in [5.41, 5.74) is -0.492. The zero-order valence-corrected chi connectivity index (χ0v) is 17.6. The lowest BCUT2D eigenvalue weighted by Gasteiger charge is -2.32. The van der Waals surface area contributed by atoms with E-state index in [0.717, 1.165) is 32.4 Å². The van der Waals surface area contributed by atoms with Crippen LogP contribution in [0, 0.1) is 11.8 Å². The topological polar surface area (TPSA) is 67.9 Å². The number of nitrogens with one attached hydrogen (secondary N) is 1. The van der Waals surface area contributed by atoms with Gasteiger partial charge in [0.15, 0.2) is 0 Å². The molecule has 1 amide bonds. The molecule has 0 aromatic heterocycles. The number of carbonyl (C=O) groups excluding carboxylic acids is 2. The Labute approximate surface area is 159 Å². The van der Waals surface area contributed by atoms with Gasteiger partial charge in [0.1, 0.15) is 11.6 Å². The second kappa shape index (κ2) is 10.3. The maximum Gasteiger partial charge on any atom is 0.323 e. The van der Waals surface area contributed by atoms with E-state index >= 15 is 0 Å². The Bertz CT molecular complexity index is 461. The molecule has 0 saturated carbocycles. The van der Waals surface area contributed by atoms with Gasteiger partial charge in [-0.15, -0.1) is 0 Å². The third-order valence-corrected chi connectivity index (χ3v) is 4.84. The van der Waals surface area contributed by atoms with Crippen LogP contribution in [0.5, 0.6) is 0 Å². The predicted octanol–water partition coefficient (Wildman–Crippen LogP) is 2.61. The number of carbonyl (C=O) groups is 2. The maximum atomic E-state index is 12.7. The number of ether oxygens (including phenoxy) is 2. The zero-order valence-electron chi connectivity index (χ0n) is 17.6. The van der Waals surface area contributed by atoms with Crippen LogP contribution in [-0.4, -0.2) is 61.3 Å². The minimum atomic E-state index is -0.492. The molecular formula is C20H38N2O4. The highest BCUT2D eigenvalue weighted by molar-refractivity contribution is 5.76. The first-order valence-corrected chi connectivity index (χ1v) is 9.80. The molecule has 0 aromatic carbocycles. The van der Waals surface area contributed by atoms with Crippen LogP contribution in [0.1, 0.15) is 60.8 Å². The molecule has 0 aromatic rings. The summed E-state index contributed by atoms with van der Waals surface area (Å²) in [7, 11) is 1.70. The van der Waals surface area contributed by atoms with Gasteiger partial charge in [-0.3, -0.25) is 14.5 Å². The molecule has 26 heavy (non-hydrogen) atoms. The van der Waals surface area contributed by atoms with Crippen molar-refractivity contribution in [1.29, 1.82) is 0 Å². The van der Waals surface area contributed by atoms with Crippen molar-refractivity contribution < 1.29 is 19.1 Å². The van der Waals surface area contributed by atoms with Crippen molar-refractivity contribution in [2.24, 2.45) is 11.8 Å². The number of methoxy groups -OCH3 is 1. The lowest BCUT2D eigenvalue weighted by molar-refractivity contribution is -0.160. The molecule has 1 rings (SSSR count). The van der Waals surface area contributed by atoms with Gasteiger partial charge in [0, 0.05) is 33.2 Å². The molecule has 1 saturated heterocycles. The molecule has 1 N–H and O–H groups in total. The average molecular weight is 371 g/mol. The molecule has 1 fully saturated rings. The molecule has 0 spiro atoms. The molecule has 4 atom stereocenters. The zero-order chi connectivity index (χ0) is 19.9. The smallest absolute Gasteiger partial charge is 0.323 e. The van der Waals surface area contributed by atoms with Crippen molar-refractivity contribution in [1.82, 2.24) is 10.2 Å². The second-order valence-electron chi connectivity index (χ2n) is 8.60. The van der Waals surface area contributed by atoms with E-state index in [9.17, 15) is 9.59 Å². The predicted molar refractivity (Wildman–Crippen MR) is 103 cm³/mol. The first-order valence-electron chi connectivity index (χ1n) is 9.80. The average Bonchev–Trinajstić information content (AvgIpc) is 2.87. The number of likely N-dealkylation sites (tertiary alicyclic amines) is 1. The standard InChI is InChI=1S/C20H38N2O4/c1-8-9-17(14(2)21-15(3)23)12-22-11-16(13-25-7)10-18(22)19(24)26-20(4,5)6/h14,16-18H,8-13H2,1-7H3,(H,21,23). The fraction of sp³-hybridized carbons (Fsp3) is 0.900. The number of hydrogen-bond donors (Lipinski definition) is 1. The first kappa shape index (κ1) is 22.9. The van der Waals surface area contributed by atoms with Crippen LogP contribution >= 0.6 is 0 Å². The fourth-order valence-corrected chi connectivity index (χ4v) is 3.78. The Hall–Kier alpha value is -1.14. The first-order chi connectivity index (χ1) is 12.1. The lowest BCUT2D eigenvalue weighted by Crippen LogP contribution is -2.46. The molecule has 1 aliphatic heterocycles. The van der Waals surface area contributed by atoms with Crippen molar-refractivity contribution >= 4 is 11.9 Å². The normalized spacial score (nSPS) is 23.5. The summed E-state index contributed by atoms with van der Waals surface area (Å²) in [6, 6.07) is -0.161. The highest BCUT2D eigenvalue weighted by Crippen LogP contribution is 2.28. The number of esters is 1. The number of amides is 1. The van der Waals surface area contributed by atoms with Crippen molar-refractivity contribution in [3.63, 3.8) is 0 Å². The van der Waals surface area contributed by atoms with Gasteiger partial charge in [0.05, 0.1) is 6.61 Å². The monoisotopic (exact) mass is 370 g/mol. The quantitative estimate of drug-likeness (QED) is 0.632. The Morgan fingerprint density at radius 3 is 2.46 bits per heavy atom. The molecule has 0 radical (unpaired) electrons. The van der Waals surface area contributed by atoms with Gasteiger partial charge in [-0.05, 0) is 52.4 Å². The van der Waals surface area contributed by atoms with E-state index in [1.807, 2.05) is 27.7 Å². The molecule has 0 aliphatic carbocycles. The van der Waals surface area contributed by atoms with Crippen LogP contribution in [0.2, 0.25) is 0 Å². The van der Waals surface area contributed by atoms with Gasteiger partial charge in [0.25, 0.3) is 0 Å². The summed E-state index contributed by atoms with van der Waals surface area (Å²) in [5, 5.41) is 3.01. The Balaban J connectivity index is 2.87. The molecular weight excluding hydrogens is 332 g/mol. The molecule has 6 heteroatoms. The molecule has 0 bridgehead atoms. The summed E-state index contributed by atoms with van der Waals surface area (Å²) >= 11 is 0. The molecule has 152 valence electrons. The fourth-order valence-electron chi connectivity index (χ4n) is 3.78. The van der Waals surface area contributed by atoms with Crippen LogP contribution in [0.4, 0.5) is 0 Å². The van der Waals surface area contributed by atoms with E-state index in [0.29, 0.717) is 18.4 Å². The van der Waals surface area contributed by atoms with Crippen molar-refractivity contribution in [3.05, 3.63) is 0 Å². The Morgan fingerprint density at radius 2 is 1.96 bits per heavy atom. The highest BCUT2D eigenvalue weighted by atomic mass is 16.6. The summed E-state index contributed by atoms with van der Waals surface area (Å²) in [6.45, 7) is 13.7. The largest absolute Gasteiger partial charge is 0.459 e. The van der Waals surface area contributed by atoms with Crippen molar-refractivity contribution in [3.8, 4) is 0 Å². The number of nitrogens with zero attached hydrogens (tertiary/aromatic N) is 1. The highest BCUT2D eigenvalue weighted by Gasteiger charge is 2.40. The van der Waals surface area contributed by atoms with Gasteiger partial charge in [-0.25, -0.2) is 0 Å². The van der Waals surface area contributed by atoms with Gasteiger partial charge in [-0.1, -0.05) is 13.3 Å². The molecule has 1 aliphatic rings. The van der Waals surface area contributed by atoms with E-state index in [-0.39, 0.29) is 24.0 Å². The van der Waals surface area contributed by atoms with E-state index in [1.165, 1.54) is 0 Å². The second-order valence-corrected chi connectivity index (χ2v) is 8.60. The molecule has 4 unspecified atom stereocenters. The van der Waals surface area contributed by atoms with Gasteiger partial charge in [-0.2, -0.15) is 0 Å². The van der Waals surface area contributed by atoms with Crippen LogP contribution < -0.4 is 5.32 Å². The Kier molecular flexibility index (Phi) is 9.04. The third-order valence-electron chi connectivity index (χ3n) is 4.84. The minimum absolute atomic E-state index is 0.0130. The minimum Gasteiger partial charge on any atom is -0.459 e. The van der Waals surface area contributed by atoms with E-state index in [2.05, 4.69) is 17.1 Å². The molecule has 6 nitrogen and oxygen atoms in total. The van der Waals surface area contributed by atoms with Gasteiger partial charge >= 0.3 is 5.97 Å². The maximum absolute atomic E-state index is 12.7. The summed E-state index contributed by atoms with van der Waals surface area (Å²) in [6.07, 6.45) is 2.81. The number of hydrogen-bond acceptors (Lipinski definition) is 5. The summed E-state index contributed by atoms with van der Waals surface area (Å²) < 4.78 is 11.0. The van der Waals surface area contributed by atoms with Gasteiger partial charge in [0.2, 0.25) is 5.91 Å². The van der Waals surface area contributed by atoms with Crippen LogP contribution in [0.15, 0.2) is 0 Å². The van der Waals surface area contributed by atoms with Gasteiger partial charge < -0.3 is 14.8 Å². The Morgan fingerprint density at radius 1 is 1.31 bits per heavy atom. The lowest BCUT2D eigenvalue weighted by atomic mass is 9.95. The van der Waals surface area contributed by atoms with Crippen LogP contribution in [0.25, 0.3) is 0 Å². The summed E-state index contributed by atoms with van der Waals surface area (Å²) in [5.74, 6) is 0.463. The summed E-state index contributed by atoms with van der Waals surface area (Å²) in [4.78, 5) is 26.4. The SMILES string of the molecule is CCCC(CN1CC(COC)CC1C(=O)OC(C)(C)C)C(C)NC(C)=O. The van der Waals surface area contributed by atoms with E-state index in [1.54, 1.807) is 14.0 Å². The van der Waals surface area contributed by atoms with Crippen LogP contribution in [0.3, 0.4) is 0 Å². The molecule has 1 heterocycles. The van der Waals surface area contributed by atoms with Crippen LogP contribution in [-0.2, 0) is 19.1 Å². The van der Waals surface area contributed by atoms with E-state index < -0.39 is 5.60 Å². The van der Waals surface area contributed by atoms with E-state index in [4.69, 9.17) is 9.47 Å². The number of rotatable bonds is 9. The van der Waals surface area contributed by atoms with Crippen molar-refractivity contribution in [2.45, 2.75) is 78.5 Å². The van der Waals surface area contributed by atoms with Crippen molar-refractivity contribution in [2.75, 3.05) is 26.8 Å².